The van der Waals surface area contributed by atoms with E-state index in [9.17, 15) is 4.79 Å². The van der Waals surface area contributed by atoms with Gasteiger partial charge in [-0.1, -0.05) is 24.3 Å². The number of rotatable bonds is 6. The Balaban J connectivity index is 1.56. The minimum Gasteiger partial charge on any atom is -0.376 e. The number of nitrogens with one attached hydrogen (secondary N) is 2. The Bertz CT molecular complexity index is 699. The molecule has 6 nitrogen and oxygen atoms in total. The fourth-order valence-electron chi connectivity index (χ4n) is 2.68. The third kappa shape index (κ3) is 4.29. The van der Waals surface area contributed by atoms with Crippen molar-refractivity contribution in [1.82, 2.24) is 15.3 Å². The van der Waals surface area contributed by atoms with Gasteiger partial charge in [0.1, 0.15) is 17.8 Å². The maximum absolute atomic E-state index is 12.3. The quantitative estimate of drug-likeness (QED) is 0.852. The van der Waals surface area contributed by atoms with Crippen molar-refractivity contribution in [3.05, 3.63) is 53.5 Å². The molecule has 6 heteroatoms. The summed E-state index contributed by atoms with van der Waals surface area (Å²) in [6, 6.07) is 9.65. The second-order valence-electron chi connectivity index (χ2n) is 5.91. The number of hydrogen-bond donors (Lipinski definition) is 2. The second-order valence-corrected chi connectivity index (χ2v) is 5.91. The van der Waals surface area contributed by atoms with Crippen molar-refractivity contribution in [2.24, 2.45) is 0 Å². The van der Waals surface area contributed by atoms with Gasteiger partial charge in [-0.05, 0) is 30.9 Å². The number of nitrogens with zero attached hydrogens (tertiary/aromatic N) is 2. The van der Waals surface area contributed by atoms with Gasteiger partial charge in [-0.2, -0.15) is 0 Å². The molecule has 0 aliphatic carbocycles. The van der Waals surface area contributed by atoms with Crippen LogP contribution in [0.2, 0.25) is 0 Å². The second kappa shape index (κ2) is 7.88. The lowest BCUT2D eigenvalue weighted by Crippen LogP contribution is -2.25. The molecule has 2 heterocycles. The summed E-state index contributed by atoms with van der Waals surface area (Å²) in [6.07, 6.45) is 3.78. The lowest BCUT2D eigenvalue weighted by molar-refractivity contribution is 0.0945. The van der Waals surface area contributed by atoms with Crippen molar-refractivity contribution >= 4 is 11.7 Å². The van der Waals surface area contributed by atoms with Crippen LogP contribution >= 0.6 is 0 Å². The number of amides is 1. The third-order valence-electron chi connectivity index (χ3n) is 4.14. The van der Waals surface area contributed by atoms with Crippen LogP contribution in [0.15, 0.2) is 36.7 Å². The molecule has 0 bridgehead atoms. The van der Waals surface area contributed by atoms with Crippen LogP contribution < -0.4 is 10.6 Å². The van der Waals surface area contributed by atoms with Crippen molar-refractivity contribution in [2.75, 3.05) is 18.5 Å². The van der Waals surface area contributed by atoms with Crippen LogP contribution in [0.25, 0.3) is 0 Å². The number of carbonyl (C=O) groups is 1. The van der Waals surface area contributed by atoms with E-state index in [0.717, 1.165) is 30.6 Å². The van der Waals surface area contributed by atoms with Crippen LogP contribution in [0, 0.1) is 6.92 Å². The Morgan fingerprint density at radius 1 is 1.33 bits per heavy atom. The first-order valence-electron chi connectivity index (χ1n) is 8.22. The fraction of sp³-hybridized carbons (Fsp3) is 0.389. The minimum atomic E-state index is -0.208. The van der Waals surface area contributed by atoms with E-state index in [4.69, 9.17) is 4.74 Å². The van der Waals surface area contributed by atoms with Crippen LogP contribution in [-0.4, -0.2) is 35.1 Å². The summed E-state index contributed by atoms with van der Waals surface area (Å²) in [5, 5.41) is 6.11. The predicted octanol–water partition coefficient (Wildman–Crippen LogP) is 2.31. The smallest absolute Gasteiger partial charge is 0.270 e. The molecule has 3 rings (SSSR count). The van der Waals surface area contributed by atoms with Gasteiger partial charge >= 0.3 is 0 Å². The number of anilines is 1. The lowest BCUT2D eigenvalue weighted by Gasteiger charge is -2.12. The van der Waals surface area contributed by atoms with Gasteiger partial charge in [0, 0.05) is 25.8 Å². The molecule has 2 N–H and O–H groups in total. The molecule has 1 fully saturated rings. The molecule has 2 aromatic rings. The number of ether oxygens (including phenoxy) is 1. The molecular formula is C18H22N4O2. The van der Waals surface area contributed by atoms with Crippen molar-refractivity contribution < 1.29 is 9.53 Å². The average molecular weight is 326 g/mol. The van der Waals surface area contributed by atoms with Gasteiger partial charge in [0.2, 0.25) is 0 Å². The van der Waals surface area contributed by atoms with Crippen molar-refractivity contribution in [3.8, 4) is 0 Å². The molecule has 126 valence electrons. The standard InChI is InChI=1S/C18H22N4O2/c1-13-5-2-3-6-14(13)10-20-18(23)16-9-17(22-12-21-16)19-11-15-7-4-8-24-15/h2-3,5-6,9,12,15H,4,7-8,10-11H2,1H3,(H,20,23)(H,19,21,22). The fourth-order valence-corrected chi connectivity index (χ4v) is 2.68. The lowest BCUT2D eigenvalue weighted by atomic mass is 10.1. The number of carbonyl (C=O) groups excluding carboxylic acids is 1. The predicted molar refractivity (Wildman–Crippen MR) is 91.8 cm³/mol. The molecule has 1 aromatic heterocycles. The molecular weight excluding hydrogens is 304 g/mol. The van der Waals surface area contributed by atoms with E-state index < -0.39 is 0 Å². The van der Waals surface area contributed by atoms with Crippen LogP contribution in [0.5, 0.6) is 0 Å². The largest absolute Gasteiger partial charge is 0.376 e. The van der Waals surface area contributed by atoms with E-state index in [1.165, 1.54) is 6.33 Å². The maximum atomic E-state index is 12.3. The van der Waals surface area contributed by atoms with Gasteiger partial charge < -0.3 is 15.4 Å². The van der Waals surface area contributed by atoms with Gasteiger partial charge in [-0.15, -0.1) is 0 Å². The van der Waals surface area contributed by atoms with E-state index >= 15 is 0 Å². The summed E-state index contributed by atoms with van der Waals surface area (Å²) in [7, 11) is 0. The molecule has 1 aliphatic heterocycles. The Morgan fingerprint density at radius 2 is 2.21 bits per heavy atom. The first-order valence-corrected chi connectivity index (χ1v) is 8.22. The SMILES string of the molecule is Cc1ccccc1CNC(=O)c1cc(NCC2CCCO2)ncn1. The van der Waals surface area contributed by atoms with Crippen LogP contribution in [-0.2, 0) is 11.3 Å². The van der Waals surface area contributed by atoms with Gasteiger partial charge in [0.05, 0.1) is 6.10 Å². The van der Waals surface area contributed by atoms with E-state index in [2.05, 4.69) is 20.6 Å². The van der Waals surface area contributed by atoms with Crippen molar-refractivity contribution in [3.63, 3.8) is 0 Å². The molecule has 0 spiro atoms. The first kappa shape index (κ1) is 16.4. The van der Waals surface area contributed by atoms with Crippen LogP contribution in [0.1, 0.15) is 34.5 Å². The molecule has 1 atom stereocenters. The summed E-state index contributed by atoms with van der Waals surface area (Å²) in [5.74, 6) is 0.433. The molecule has 24 heavy (non-hydrogen) atoms. The highest BCUT2D eigenvalue weighted by atomic mass is 16.5. The zero-order valence-corrected chi connectivity index (χ0v) is 13.8. The average Bonchev–Trinajstić information content (AvgIpc) is 3.13. The van der Waals surface area contributed by atoms with Crippen LogP contribution in [0.4, 0.5) is 5.82 Å². The number of aromatic nitrogens is 2. The van der Waals surface area contributed by atoms with E-state index in [-0.39, 0.29) is 12.0 Å². The Hall–Kier alpha value is -2.47. The van der Waals surface area contributed by atoms with Crippen molar-refractivity contribution in [2.45, 2.75) is 32.4 Å². The van der Waals surface area contributed by atoms with Gasteiger partial charge in [0.15, 0.2) is 0 Å². The summed E-state index contributed by atoms with van der Waals surface area (Å²) >= 11 is 0. The highest BCUT2D eigenvalue weighted by molar-refractivity contribution is 5.92. The Morgan fingerprint density at radius 3 is 3.00 bits per heavy atom. The van der Waals surface area contributed by atoms with Crippen LogP contribution in [0.3, 0.4) is 0 Å². The van der Waals surface area contributed by atoms with Gasteiger partial charge in [0.25, 0.3) is 5.91 Å². The maximum Gasteiger partial charge on any atom is 0.270 e. The normalized spacial score (nSPS) is 16.8. The Kier molecular flexibility index (Phi) is 5.38. The number of benzene rings is 1. The number of aryl methyl sites for hydroxylation is 1. The first-order chi connectivity index (χ1) is 11.7. The zero-order valence-electron chi connectivity index (χ0n) is 13.8. The highest BCUT2D eigenvalue weighted by Gasteiger charge is 2.15. The molecule has 1 unspecified atom stereocenters. The van der Waals surface area contributed by atoms with E-state index in [1.54, 1.807) is 6.07 Å². The van der Waals surface area contributed by atoms with Gasteiger partial charge in [-0.3, -0.25) is 4.79 Å². The van der Waals surface area contributed by atoms with Crippen molar-refractivity contribution in [1.29, 1.82) is 0 Å². The molecule has 1 amide bonds. The monoisotopic (exact) mass is 326 g/mol. The highest BCUT2D eigenvalue weighted by Crippen LogP contribution is 2.13. The zero-order chi connectivity index (χ0) is 16.8. The third-order valence-corrected chi connectivity index (χ3v) is 4.14. The molecule has 1 aromatic carbocycles. The minimum absolute atomic E-state index is 0.208. The summed E-state index contributed by atoms with van der Waals surface area (Å²) in [6.45, 7) is 4.03. The molecule has 0 radical (unpaired) electrons. The summed E-state index contributed by atoms with van der Waals surface area (Å²) in [4.78, 5) is 20.5. The van der Waals surface area contributed by atoms with E-state index in [0.29, 0.717) is 24.6 Å². The molecule has 1 aliphatic rings. The van der Waals surface area contributed by atoms with E-state index in [1.807, 2.05) is 31.2 Å². The Labute approximate surface area is 141 Å². The molecule has 0 saturated carbocycles. The summed E-state index contributed by atoms with van der Waals surface area (Å²) in [5.41, 5.74) is 2.60. The molecule has 1 saturated heterocycles. The van der Waals surface area contributed by atoms with Gasteiger partial charge in [-0.25, -0.2) is 9.97 Å². The number of hydrogen-bond acceptors (Lipinski definition) is 5. The summed E-state index contributed by atoms with van der Waals surface area (Å²) < 4.78 is 5.57. The topological polar surface area (TPSA) is 76.1 Å².